The Morgan fingerprint density at radius 2 is 2.05 bits per heavy atom. The molecule has 1 aromatic heterocycles. The molecule has 5 nitrogen and oxygen atoms in total. The molecule has 1 aromatic carbocycles. The Bertz CT molecular complexity index is 698. The fourth-order valence-corrected chi connectivity index (χ4v) is 2.92. The molecule has 0 bridgehead atoms. The predicted octanol–water partition coefficient (Wildman–Crippen LogP) is 2.41. The highest BCUT2D eigenvalue weighted by Gasteiger charge is 2.12. The van der Waals surface area contributed by atoms with Gasteiger partial charge in [0.15, 0.2) is 5.16 Å². The molecule has 22 heavy (non-hydrogen) atoms. The van der Waals surface area contributed by atoms with Gasteiger partial charge >= 0.3 is 5.97 Å². The topological polar surface area (TPSA) is 61.2 Å². The third-order valence-electron chi connectivity index (χ3n) is 2.90. The van der Waals surface area contributed by atoms with E-state index in [1.165, 1.54) is 22.4 Å². The van der Waals surface area contributed by atoms with Crippen molar-refractivity contribution in [1.29, 1.82) is 0 Å². The first kappa shape index (κ1) is 16.3. The zero-order valence-corrected chi connectivity index (χ0v) is 13.4. The average Bonchev–Trinajstić information content (AvgIpc) is 2.49. The molecule has 2 aromatic rings. The normalized spacial score (nSPS) is 10.5. The molecule has 116 valence electrons. The molecule has 0 aliphatic rings. The molecular weight excluding hydrogens is 300 g/mol. The fraction of sp³-hybridized carbons (Fsp3) is 0.312. The molecule has 1 heterocycles. The number of aryl methyl sites for hydroxylation is 1. The van der Waals surface area contributed by atoms with Crippen molar-refractivity contribution in [1.82, 2.24) is 9.55 Å². The number of carbonyl (C=O) groups is 1. The number of nitrogens with zero attached hydrogens (tertiary/aromatic N) is 2. The van der Waals surface area contributed by atoms with Crippen LogP contribution >= 0.6 is 11.8 Å². The molecule has 0 spiro atoms. The Balaban J connectivity index is 2.21. The van der Waals surface area contributed by atoms with Crippen LogP contribution in [0.3, 0.4) is 0 Å². The van der Waals surface area contributed by atoms with Crippen LogP contribution in [-0.2, 0) is 21.8 Å². The summed E-state index contributed by atoms with van der Waals surface area (Å²) >= 11 is 1.43. The smallest absolute Gasteiger partial charge is 0.326 e. The van der Waals surface area contributed by atoms with Crippen molar-refractivity contribution in [2.75, 3.05) is 6.61 Å². The monoisotopic (exact) mass is 318 g/mol. The largest absolute Gasteiger partial charge is 0.465 e. The number of hydrogen-bond donors (Lipinski definition) is 0. The van der Waals surface area contributed by atoms with Crippen LogP contribution in [0, 0.1) is 6.92 Å². The van der Waals surface area contributed by atoms with E-state index in [1.54, 1.807) is 13.8 Å². The summed E-state index contributed by atoms with van der Waals surface area (Å²) in [7, 11) is 0. The Morgan fingerprint density at radius 3 is 2.73 bits per heavy atom. The van der Waals surface area contributed by atoms with Crippen LogP contribution in [0.1, 0.15) is 18.2 Å². The van der Waals surface area contributed by atoms with Crippen LogP contribution in [0.15, 0.2) is 46.3 Å². The molecule has 0 atom stereocenters. The Hall–Kier alpha value is -2.08. The Labute approximate surface area is 133 Å². The number of rotatable bonds is 6. The van der Waals surface area contributed by atoms with E-state index in [4.69, 9.17) is 4.74 Å². The van der Waals surface area contributed by atoms with Crippen molar-refractivity contribution in [3.63, 3.8) is 0 Å². The summed E-state index contributed by atoms with van der Waals surface area (Å²) in [5.74, 6) is 0.247. The highest BCUT2D eigenvalue weighted by atomic mass is 32.2. The van der Waals surface area contributed by atoms with Gasteiger partial charge in [0, 0.05) is 17.5 Å². The zero-order valence-electron chi connectivity index (χ0n) is 12.6. The molecular formula is C16H18N2O3S. The summed E-state index contributed by atoms with van der Waals surface area (Å²) in [5, 5.41) is 0.530. The van der Waals surface area contributed by atoms with E-state index in [2.05, 4.69) is 4.98 Å². The lowest BCUT2D eigenvalue weighted by atomic mass is 10.2. The first-order chi connectivity index (χ1) is 10.6. The van der Waals surface area contributed by atoms with Crippen molar-refractivity contribution in [3.8, 4) is 0 Å². The number of hydrogen-bond acceptors (Lipinski definition) is 5. The zero-order chi connectivity index (χ0) is 15.9. The van der Waals surface area contributed by atoms with Gasteiger partial charge in [-0.15, -0.1) is 0 Å². The minimum atomic E-state index is -0.434. The fourth-order valence-electron chi connectivity index (χ4n) is 1.91. The van der Waals surface area contributed by atoms with E-state index in [0.29, 0.717) is 23.2 Å². The molecule has 0 radical (unpaired) electrons. The van der Waals surface area contributed by atoms with Crippen LogP contribution in [-0.4, -0.2) is 22.1 Å². The first-order valence-electron chi connectivity index (χ1n) is 7.01. The number of aromatic nitrogens is 2. The summed E-state index contributed by atoms with van der Waals surface area (Å²) in [6.45, 7) is 3.68. The Kier molecular flexibility index (Phi) is 5.77. The number of benzene rings is 1. The number of ether oxygens (including phenoxy) is 1. The summed E-state index contributed by atoms with van der Waals surface area (Å²) in [4.78, 5) is 28.2. The number of carbonyl (C=O) groups excluding carboxylic acids is 1. The lowest BCUT2D eigenvalue weighted by Gasteiger charge is -2.11. The van der Waals surface area contributed by atoms with E-state index in [9.17, 15) is 9.59 Å². The second-order valence-electron chi connectivity index (χ2n) is 4.68. The third-order valence-corrected chi connectivity index (χ3v) is 3.95. The summed E-state index contributed by atoms with van der Waals surface area (Å²) in [6, 6.07) is 11.3. The van der Waals surface area contributed by atoms with Crippen molar-refractivity contribution >= 4 is 17.7 Å². The molecule has 0 unspecified atom stereocenters. The van der Waals surface area contributed by atoms with Gasteiger partial charge in [-0.1, -0.05) is 42.1 Å². The van der Waals surface area contributed by atoms with E-state index in [0.717, 1.165) is 5.56 Å². The van der Waals surface area contributed by atoms with Crippen molar-refractivity contribution in [2.24, 2.45) is 0 Å². The SMILES string of the molecule is CCOC(=O)Cn1c(SCc2ccccc2)nc(C)cc1=O. The van der Waals surface area contributed by atoms with Crippen LogP contribution < -0.4 is 5.56 Å². The van der Waals surface area contributed by atoms with Gasteiger partial charge in [-0.05, 0) is 19.4 Å². The van der Waals surface area contributed by atoms with Gasteiger partial charge in [0.2, 0.25) is 0 Å². The van der Waals surface area contributed by atoms with Gasteiger partial charge in [0.1, 0.15) is 6.54 Å². The standard InChI is InChI=1S/C16H18N2O3S/c1-3-21-15(20)10-18-14(19)9-12(2)17-16(18)22-11-13-7-5-4-6-8-13/h4-9H,3,10-11H2,1-2H3. The minimum Gasteiger partial charge on any atom is -0.465 e. The quantitative estimate of drug-likeness (QED) is 0.465. The van der Waals surface area contributed by atoms with Gasteiger partial charge in [-0.25, -0.2) is 4.98 Å². The van der Waals surface area contributed by atoms with Gasteiger partial charge in [-0.2, -0.15) is 0 Å². The molecule has 0 amide bonds. The highest BCUT2D eigenvalue weighted by Crippen LogP contribution is 2.20. The lowest BCUT2D eigenvalue weighted by Crippen LogP contribution is -2.27. The average molecular weight is 318 g/mol. The lowest BCUT2D eigenvalue weighted by molar-refractivity contribution is -0.144. The molecule has 0 fully saturated rings. The highest BCUT2D eigenvalue weighted by molar-refractivity contribution is 7.98. The van der Waals surface area contributed by atoms with Gasteiger partial charge in [0.05, 0.1) is 6.61 Å². The maximum absolute atomic E-state index is 12.1. The third kappa shape index (κ3) is 4.46. The van der Waals surface area contributed by atoms with E-state index >= 15 is 0 Å². The maximum atomic E-state index is 12.1. The second-order valence-corrected chi connectivity index (χ2v) is 5.63. The van der Waals surface area contributed by atoms with E-state index in [-0.39, 0.29) is 12.1 Å². The molecule has 0 N–H and O–H groups in total. The first-order valence-corrected chi connectivity index (χ1v) is 7.99. The van der Waals surface area contributed by atoms with E-state index in [1.807, 2.05) is 30.3 Å². The van der Waals surface area contributed by atoms with Crippen LogP contribution in [0.2, 0.25) is 0 Å². The van der Waals surface area contributed by atoms with E-state index < -0.39 is 5.97 Å². The molecule has 0 aliphatic heterocycles. The van der Waals surface area contributed by atoms with Crippen LogP contribution in [0.4, 0.5) is 0 Å². The van der Waals surface area contributed by atoms with Crippen LogP contribution in [0.5, 0.6) is 0 Å². The van der Waals surface area contributed by atoms with Gasteiger partial charge in [0.25, 0.3) is 5.56 Å². The van der Waals surface area contributed by atoms with Gasteiger partial charge in [-0.3, -0.25) is 14.2 Å². The van der Waals surface area contributed by atoms with Crippen molar-refractivity contribution in [2.45, 2.75) is 31.3 Å². The molecule has 0 aliphatic carbocycles. The van der Waals surface area contributed by atoms with Gasteiger partial charge < -0.3 is 4.74 Å². The van der Waals surface area contributed by atoms with Crippen LogP contribution in [0.25, 0.3) is 0 Å². The molecule has 2 rings (SSSR count). The second kappa shape index (κ2) is 7.79. The minimum absolute atomic E-state index is 0.114. The summed E-state index contributed by atoms with van der Waals surface area (Å²) in [5.41, 5.74) is 1.53. The maximum Gasteiger partial charge on any atom is 0.326 e. The van der Waals surface area contributed by atoms with Crippen molar-refractivity contribution < 1.29 is 9.53 Å². The van der Waals surface area contributed by atoms with Crippen molar-refractivity contribution in [3.05, 3.63) is 58.0 Å². The summed E-state index contributed by atoms with van der Waals surface area (Å²) in [6.07, 6.45) is 0. The number of esters is 1. The molecule has 0 saturated carbocycles. The summed E-state index contributed by atoms with van der Waals surface area (Å²) < 4.78 is 6.27. The Morgan fingerprint density at radius 1 is 1.32 bits per heavy atom. The number of thioether (sulfide) groups is 1. The molecule has 0 saturated heterocycles. The molecule has 6 heteroatoms. The predicted molar refractivity (Wildman–Crippen MR) is 85.9 cm³/mol.